The molecule has 0 spiro atoms. The van der Waals surface area contributed by atoms with Crippen LogP contribution < -0.4 is 14.9 Å². The van der Waals surface area contributed by atoms with Gasteiger partial charge in [0.25, 0.3) is 5.91 Å². The van der Waals surface area contributed by atoms with Crippen molar-refractivity contribution in [1.29, 1.82) is 0 Å². The number of amides is 1. The van der Waals surface area contributed by atoms with Gasteiger partial charge in [-0.2, -0.15) is 5.10 Å². The van der Waals surface area contributed by atoms with Crippen molar-refractivity contribution < 1.29 is 19.4 Å². The molecule has 2 aromatic rings. The molecule has 6 nitrogen and oxygen atoms in total. The van der Waals surface area contributed by atoms with Crippen molar-refractivity contribution in [2.75, 3.05) is 13.7 Å². The number of benzene rings is 2. The number of halogens is 1. The molecule has 0 aliphatic rings. The van der Waals surface area contributed by atoms with Crippen molar-refractivity contribution in [3.8, 4) is 11.5 Å². The fourth-order valence-electron chi connectivity index (χ4n) is 1.84. The molecule has 126 valence electrons. The molecule has 2 N–H and O–H groups in total. The standard InChI is InChI=1S/C17H17BrN2O4/c1-23-15-7-4-13(9-19-20-17(22)10-21)8-16(15)24-11-12-2-5-14(18)6-3-12/h2-9,21H,10-11H2,1H3,(H,20,22). The van der Waals surface area contributed by atoms with Gasteiger partial charge in [-0.05, 0) is 41.5 Å². The summed E-state index contributed by atoms with van der Waals surface area (Å²) >= 11 is 3.39. The number of rotatable bonds is 7. The maximum atomic E-state index is 10.9. The third-order valence-corrected chi connectivity index (χ3v) is 3.57. The molecule has 0 fully saturated rings. The van der Waals surface area contributed by atoms with E-state index in [0.717, 1.165) is 15.6 Å². The monoisotopic (exact) mass is 392 g/mol. The first kappa shape index (κ1) is 18.0. The third-order valence-electron chi connectivity index (χ3n) is 3.04. The van der Waals surface area contributed by atoms with Gasteiger partial charge in [-0.25, -0.2) is 5.43 Å². The fraction of sp³-hybridized carbons (Fsp3) is 0.176. The van der Waals surface area contributed by atoms with Crippen LogP contribution in [-0.4, -0.2) is 30.9 Å². The van der Waals surface area contributed by atoms with Crippen LogP contribution >= 0.6 is 15.9 Å². The molecule has 24 heavy (non-hydrogen) atoms. The first-order chi connectivity index (χ1) is 11.6. The zero-order valence-corrected chi connectivity index (χ0v) is 14.6. The Hall–Kier alpha value is -2.38. The van der Waals surface area contributed by atoms with Crippen molar-refractivity contribution in [1.82, 2.24) is 5.43 Å². The maximum Gasteiger partial charge on any atom is 0.265 e. The van der Waals surface area contributed by atoms with E-state index in [2.05, 4.69) is 26.5 Å². The molecule has 2 rings (SSSR count). The highest BCUT2D eigenvalue weighted by Crippen LogP contribution is 2.28. The molecular weight excluding hydrogens is 376 g/mol. The Morgan fingerprint density at radius 2 is 2.00 bits per heavy atom. The maximum absolute atomic E-state index is 10.9. The normalized spacial score (nSPS) is 10.6. The van der Waals surface area contributed by atoms with Crippen LogP contribution in [0.15, 0.2) is 52.0 Å². The molecule has 0 aromatic heterocycles. The minimum Gasteiger partial charge on any atom is -0.493 e. The number of aliphatic hydroxyl groups excluding tert-OH is 1. The van der Waals surface area contributed by atoms with Gasteiger partial charge in [0.1, 0.15) is 13.2 Å². The van der Waals surface area contributed by atoms with Crippen LogP contribution in [0.4, 0.5) is 0 Å². The lowest BCUT2D eigenvalue weighted by atomic mass is 10.2. The van der Waals surface area contributed by atoms with Gasteiger partial charge in [-0.3, -0.25) is 4.79 Å². The molecule has 0 atom stereocenters. The predicted molar refractivity (Wildman–Crippen MR) is 94.3 cm³/mol. The van der Waals surface area contributed by atoms with Gasteiger partial charge in [0, 0.05) is 4.47 Å². The lowest BCUT2D eigenvalue weighted by Crippen LogP contribution is -2.20. The zero-order valence-electron chi connectivity index (χ0n) is 13.0. The molecule has 1 amide bonds. The Labute approximate surface area is 148 Å². The molecule has 0 unspecified atom stereocenters. The van der Waals surface area contributed by atoms with Crippen LogP contribution in [0.1, 0.15) is 11.1 Å². The van der Waals surface area contributed by atoms with Crippen molar-refractivity contribution in [2.45, 2.75) is 6.61 Å². The number of hydrogen-bond donors (Lipinski definition) is 2. The second kappa shape index (κ2) is 9.05. The number of nitrogens with zero attached hydrogens (tertiary/aromatic N) is 1. The number of aliphatic hydroxyl groups is 1. The number of nitrogens with one attached hydrogen (secondary N) is 1. The second-order valence-electron chi connectivity index (χ2n) is 4.78. The lowest BCUT2D eigenvalue weighted by Gasteiger charge is -2.11. The molecular formula is C17H17BrN2O4. The van der Waals surface area contributed by atoms with E-state index in [4.69, 9.17) is 14.6 Å². The van der Waals surface area contributed by atoms with Gasteiger partial charge in [-0.1, -0.05) is 28.1 Å². The molecule has 0 aliphatic carbocycles. The highest BCUT2D eigenvalue weighted by Gasteiger charge is 2.06. The van der Waals surface area contributed by atoms with E-state index >= 15 is 0 Å². The Kier molecular flexibility index (Phi) is 6.77. The third kappa shape index (κ3) is 5.36. The van der Waals surface area contributed by atoms with Crippen molar-refractivity contribution in [2.24, 2.45) is 5.10 Å². The van der Waals surface area contributed by atoms with Gasteiger partial charge in [0.15, 0.2) is 11.5 Å². The van der Waals surface area contributed by atoms with Gasteiger partial charge in [0.05, 0.1) is 13.3 Å². The van der Waals surface area contributed by atoms with E-state index in [0.29, 0.717) is 18.1 Å². The van der Waals surface area contributed by atoms with Crippen molar-refractivity contribution >= 4 is 28.1 Å². The molecule has 0 saturated heterocycles. The molecule has 0 heterocycles. The molecule has 0 saturated carbocycles. The first-order valence-electron chi connectivity index (χ1n) is 7.10. The summed E-state index contributed by atoms with van der Waals surface area (Å²) in [4.78, 5) is 10.9. The smallest absolute Gasteiger partial charge is 0.265 e. The van der Waals surface area contributed by atoms with Crippen molar-refractivity contribution in [3.05, 3.63) is 58.1 Å². The first-order valence-corrected chi connectivity index (χ1v) is 7.89. The molecule has 0 aliphatic heterocycles. The summed E-state index contributed by atoms with van der Waals surface area (Å²) in [6.45, 7) is -0.215. The van der Waals surface area contributed by atoms with Crippen LogP contribution in [-0.2, 0) is 11.4 Å². The molecule has 2 aromatic carbocycles. The SMILES string of the molecule is COc1ccc(C=NNC(=O)CO)cc1OCc1ccc(Br)cc1. The number of carbonyl (C=O) groups is 1. The van der Waals surface area contributed by atoms with Crippen LogP contribution in [0, 0.1) is 0 Å². The summed E-state index contributed by atoms with van der Waals surface area (Å²) in [5.74, 6) is 0.591. The lowest BCUT2D eigenvalue weighted by molar-refractivity contribution is -0.123. The Balaban J connectivity index is 2.07. The molecule has 0 radical (unpaired) electrons. The number of hydrogen-bond acceptors (Lipinski definition) is 5. The topological polar surface area (TPSA) is 80.2 Å². The van der Waals surface area contributed by atoms with Crippen molar-refractivity contribution in [3.63, 3.8) is 0 Å². The zero-order chi connectivity index (χ0) is 17.4. The Morgan fingerprint density at radius 1 is 1.25 bits per heavy atom. The Bertz CT molecular complexity index is 717. The second-order valence-corrected chi connectivity index (χ2v) is 5.69. The largest absolute Gasteiger partial charge is 0.493 e. The molecule has 0 bridgehead atoms. The fourth-order valence-corrected chi connectivity index (χ4v) is 2.11. The summed E-state index contributed by atoms with van der Waals surface area (Å²) in [5.41, 5.74) is 3.94. The predicted octanol–water partition coefficient (Wildman–Crippen LogP) is 2.48. The van der Waals surface area contributed by atoms with E-state index in [1.54, 1.807) is 25.3 Å². The number of ether oxygens (including phenoxy) is 2. The summed E-state index contributed by atoms with van der Waals surface area (Å²) in [6, 6.07) is 13.1. The summed E-state index contributed by atoms with van der Waals surface area (Å²) < 4.78 is 12.1. The highest BCUT2D eigenvalue weighted by atomic mass is 79.9. The Morgan fingerprint density at radius 3 is 2.67 bits per heavy atom. The number of carbonyl (C=O) groups excluding carboxylic acids is 1. The highest BCUT2D eigenvalue weighted by molar-refractivity contribution is 9.10. The number of methoxy groups -OCH3 is 1. The summed E-state index contributed by atoms with van der Waals surface area (Å²) in [6.07, 6.45) is 1.46. The van der Waals surface area contributed by atoms with Gasteiger partial charge >= 0.3 is 0 Å². The average molecular weight is 393 g/mol. The van der Waals surface area contributed by atoms with E-state index in [-0.39, 0.29) is 0 Å². The van der Waals surface area contributed by atoms with Crippen LogP contribution in [0.25, 0.3) is 0 Å². The van der Waals surface area contributed by atoms with Crippen LogP contribution in [0.3, 0.4) is 0 Å². The van der Waals surface area contributed by atoms with E-state index in [1.165, 1.54) is 6.21 Å². The van der Waals surface area contributed by atoms with Gasteiger partial charge in [-0.15, -0.1) is 0 Å². The molecule has 7 heteroatoms. The van der Waals surface area contributed by atoms with Gasteiger partial charge < -0.3 is 14.6 Å². The minimum atomic E-state index is -0.610. The van der Waals surface area contributed by atoms with Crippen LogP contribution in [0.5, 0.6) is 11.5 Å². The summed E-state index contributed by atoms with van der Waals surface area (Å²) in [5, 5.41) is 12.4. The minimum absolute atomic E-state index is 0.394. The quantitative estimate of drug-likeness (QED) is 0.560. The summed E-state index contributed by atoms with van der Waals surface area (Å²) in [7, 11) is 1.57. The van der Waals surface area contributed by atoms with Crippen LogP contribution in [0.2, 0.25) is 0 Å². The van der Waals surface area contributed by atoms with E-state index < -0.39 is 12.5 Å². The van der Waals surface area contributed by atoms with E-state index in [1.807, 2.05) is 24.3 Å². The average Bonchev–Trinajstić information content (AvgIpc) is 2.61. The van der Waals surface area contributed by atoms with Gasteiger partial charge in [0.2, 0.25) is 0 Å². The number of hydrazone groups is 1. The van der Waals surface area contributed by atoms with E-state index in [9.17, 15) is 4.79 Å².